The zero-order chi connectivity index (χ0) is 14.1. The van der Waals surface area contributed by atoms with Crippen molar-refractivity contribution in [2.24, 2.45) is 0 Å². The van der Waals surface area contributed by atoms with Crippen LogP contribution >= 0.6 is 0 Å². The summed E-state index contributed by atoms with van der Waals surface area (Å²) in [6.07, 6.45) is 4.80. The van der Waals surface area contributed by atoms with Gasteiger partial charge in [-0.25, -0.2) is 4.79 Å². The molecule has 0 saturated heterocycles. The standard InChI is InChI=1S/C15H25N3O/c1-4-6-7-12(5-2)17-13-8-10-14(11-9-13)18-15(19)16-3/h8-12,17H,4-7H2,1-3H3,(H2,16,18,19). The Morgan fingerprint density at radius 3 is 2.32 bits per heavy atom. The number of carbonyl (C=O) groups excluding carboxylic acids is 1. The van der Waals surface area contributed by atoms with Crippen molar-refractivity contribution in [1.29, 1.82) is 0 Å². The lowest BCUT2D eigenvalue weighted by molar-refractivity contribution is 0.254. The predicted molar refractivity (Wildman–Crippen MR) is 81.7 cm³/mol. The van der Waals surface area contributed by atoms with Crippen LogP contribution in [0.2, 0.25) is 0 Å². The van der Waals surface area contributed by atoms with Crippen LogP contribution in [0.25, 0.3) is 0 Å². The van der Waals surface area contributed by atoms with Crippen LogP contribution in [-0.2, 0) is 0 Å². The van der Waals surface area contributed by atoms with E-state index in [1.54, 1.807) is 7.05 Å². The SMILES string of the molecule is CCCCC(CC)Nc1ccc(NC(=O)NC)cc1. The van der Waals surface area contributed by atoms with Gasteiger partial charge in [-0.1, -0.05) is 26.7 Å². The summed E-state index contributed by atoms with van der Waals surface area (Å²) in [5.74, 6) is 0. The molecule has 1 unspecified atom stereocenters. The first-order chi connectivity index (χ1) is 9.19. The Morgan fingerprint density at radius 2 is 1.79 bits per heavy atom. The van der Waals surface area contributed by atoms with Crippen LogP contribution in [0.1, 0.15) is 39.5 Å². The molecular formula is C15H25N3O. The number of amides is 2. The van der Waals surface area contributed by atoms with E-state index in [4.69, 9.17) is 0 Å². The number of rotatable bonds is 7. The largest absolute Gasteiger partial charge is 0.382 e. The smallest absolute Gasteiger partial charge is 0.318 e. The quantitative estimate of drug-likeness (QED) is 0.700. The van der Waals surface area contributed by atoms with Crippen LogP contribution in [0.4, 0.5) is 16.2 Å². The predicted octanol–water partition coefficient (Wildman–Crippen LogP) is 3.82. The van der Waals surface area contributed by atoms with Crippen molar-refractivity contribution in [3.05, 3.63) is 24.3 Å². The molecule has 4 heteroatoms. The van der Waals surface area contributed by atoms with Crippen LogP contribution in [0, 0.1) is 0 Å². The van der Waals surface area contributed by atoms with Crippen molar-refractivity contribution in [2.45, 2.75) is 45.6 Å². The lowest BCUT2D eigenvalue weighted by Crippen LogP contribution is -2.24. The van der Waals surface area contributed by atoms with Gasteiger partial charge in [0.25, 0.3) is 0 Å². The fourth-order valence-electron chi connectivity index (χ4n) is 1.91. The number of nitrogens with one attached hydrogen (secondary N) is 3. The Hall–Kier alpha value is -1.71. The summed E-state index contributed by atoms with van der Waals surface area (Å²) in [4.78, 5) is 11.2. The van der Waals surface area contributed by atoms with Gasteiger partial charge in [0.2, 0.25) is 0 Å². The fourth-order valence-corrected chi connectivity index (χ4v) is 1.91. The number of anilines is 2. The summed E-state index contributed by atoms with van der Waals surface area (Å²) in [5, 5.41) is 8.80. The summed E-state index contributed by atoms with van der Waals surface area (Å²) in [6.45, 7) is 4.42. The van der Waals surface area contributed by atoms with Gasteiger partial charge in [0.15, 0.2) is 0 Å². The summed E-state index contributed by atoms with van der Waals surface area (Å²) >= 11 is 0. The van der Waals surface area contributed by atoms with E-state index in [2.05, 4.69) is 29.8 Å². The molecule has 3 N–H and O–H groups in total. The number of unbranched alkanes of at least 4 members (excludes halogenated alkanes) is 1. The highest BCUT2D eigenvalue weighted by Gasteiger charge is 2.05. The molecule has 1 atom stereocenters. The first kappa shape index (κ1) is 15.3. The van der Waals surface area contributed by atoms with Gasteiger partial charge < -0.3 is 16.0 Å². The normalized spacial score (nSPS) is 11.7. The number of urea groups is 1. The third-order valence-electron chi connectivity index (χ3n) is 3.14. The van der Waals surface area contributed by atoms with E-state index in [-0.39, 0.29) is 6.03 Å². The number of carbonyl (C=O) groups is 1. The highest BCUT2D eigenvalue weighted by Crippen LogP contribution is 2.17. The van der Waals surface area contributed by atoms with Crippen molar-refractivity contribution >= 4 is 17.4 Å². The van der Waals surface area contributed by atoms with E-state index in [1.807, 2.05) is 24.3 Å². The maximum Gasteiger partial charge on any atom is 0.318 e. The average Bonchev–Trinajstić information content (AvgIpc) is 2.45. The Labute approximate surface area is 116 Å². The Kier molecular flexibility index (Phi) is 6.79. The van der Waals surface area contributed by atoms with Crippen molar-refractivity contribution in [3.8, 4) is 0 Å². The number of hydrogen-bond donors (Lipinski definition) is 3. The lowest BCUT2D eigenvalue weighted by atomic mass is 10.1. The van der Waals surface area contributed by atoms with Gasteiger partial charge in [0.05, 0.1) is 0 Å². The van der Waals surface area contributed by atoms with Gasteiger partial charge in [-0.2, -0.15) is 0 Å². The molecule has 0 aliphatic heterocycles. The van der Waals surface area contributed by atoms with Crippen LogP contribution in [0.15, 0.2) is 24.3 Å². The van der Waals surface area contributed by atoms with E-state index in [0.717, 1.165) is 17.8 Å². The summed E-state index contributed by atoms with van der Waals surface area (Å²) in [5.41, 5.74) is 1.90. The fraction of sp³-hybridized carbons (Fsp3) is 0.533. The van der Waals surface area contributed by atoms with Gasteiger partial charge in [-0.15, -0.1) is 0 Å². The molecule has 0 aliphatic rings. The molecule has 0 bridgehead atoms. The molecule has 1 aromatic rings. The van der Waals surface area contributed by atoms with Gasteiger partial charge in [0, 0.05) is 24.5 Å². The Balaban J connectivity index is 2.53. The summed E-state index contributed by atoms with van der Waals surface area (Å²) in [6, 6.07) is 8.14. The van der Waals surface area contributed by atoms with Gasteiger partial charge in [0.1, 0.15) is 0 Å². The third-order valence-corrected chi connectivity index (χ3v) is 3.14. The molecule has 106 valence electrons. The zero-order valence-electron chi connectivity index (χ0n) is 12.1. The van der Waals surface area contributed by atoms with E-state index >= 15 is 0 Å². The van der Waals surface area contributed by atoms with Gasteiger partial charge in [-0.05, 0) is 37.1 Å². The zero-order valence-corrected chi connectivity index (χ0v) is 12.1. The molecule has 2 amide bonds. The molecule has 0 aliphatic carbocycles. The first-order valence-corrected chi connectivity index (χ1v) is 7.04. The van der Waals surface area contributed by atoms with Crippen LogP contribution in [0.3, 0.4) is 0 Å². The van der Waals surface area contributed by atoms with E-state index in [9.17, 15) is 4.79 Å². The molecule has 0 spiro atoms. The van der Waals surface area contributed by atoms with Crippen molar-refractivity contribution < 1.29 is 4.79 Å². The highest BCUT2D eigenvalue weighted by molar-refractivity contribution is 5.89. The molecule has 19 heavy (non-hydrogen) atoms. The minimum absolute atomic E-state index is 0.199. The van der Waals surface area contributed by atoms with Crippen LogP contribution < -0.4 is 16.0 Å². The van der Waals surface area contributed by atoms with E-state index < -0.39 is 0 Å². The maximum atomic E-state index is 11.2. The number of hydrogen-bond acceptors (Lipinski definition) is 2. The van der Waals surface area contributed by atoms with Crippen molar-refractivity contribution in [1.82, 2.24) is 5.32 Å². The molecular weight excluding hydrogens is 238 g/mol. The third kappa shape index (κ3) is 5.64. The summed E-state index contributed by atoms with van der Waals surface area (Å²) in [7, 11) is 1.60. The first-order valence-electron chi connectivity index (χ1n) is 7.04. The summed E-state index contributed by atoms with van der Waals surface area (Å²) < 4.78 is 0. The second kappa shape index (κ2) is 8.40. The van der Waals surface area contributed by atoms with Gasteiger partial charge in [-0.3, -0.25) is 0 Å². The second-order valence-corrected chi connectivity index (χ2v) is 4.67. The molecule has 0 fully saturated rings. The van der Waals surface area contributed by atoms with Crippen molar-refractivity contribution in [3.63, 3.8) is 0 Å². The number of benzene rings is 1. The molecule has 0 heterocycles. The Morgan fingerprint density at radius 1 is 1.16 bits per heavy atom. The van der Waals surface area contributed by atoms with E-state index in [0.29, 0.717) is 6.04 Å². The molecule has 4 nitrogen and oxygen atoms in total. The maximum absolute atomic E-state index is 11.2. The minimum atomic E-state index is -0.199. The van der Waals surface area contributed by atoms with Crippen molar-refractivity contribution in [2.75, 3.05) is 17.7 Å². The Bertz CT molecular complexity index is 375. The molecule has 0 saturated carbocycles. The lowest BCUT2D eigenvalue weighted by Gasteiger charge is -2.18. The molecule has 0 aromatic heterocycles. The molecule has 0 radical (unpaired) electrons. The molecule has 1 rings (SSSR count). The second-order valence-electron chi connectivity index (χ2n) is 4.67. The van der Waals surface area contributed by atoms with E-state index in [1.165, 1.54) is 19.3 Å². The monoisotopic (exact) mass is 263 g/mol. The average molecular weight is 263 g/mol. The highest BCUT2D eigenvalue weighted by atomic mass is 16.2. The minimum Gasteiger partial charge on any atom is -0.382 e. The van der Waals surface area contributed by atoms with Crippen LogP contribution in [-0.4, -0.2) is 19.1 Å². The van der Waals surface area contributed by atoms with Crippen LogP contribution in [0.5, 0.6) is 0 Å². The topological polar surface area (TPSA) is 53.2 Å². The van der Waals surface area contributed by atoms with Gasteiger partial charge >= 0.3 is 6.03 Å². The molecule has 1 aromatic carbocycles.